The van der Waals surface area contributed by atoms with Crippen molar-refractivity contribution in [3.63, 3.8) is 0 Å². The van der Waals surface area contributed by atoms with Gasteiger partial charge in [0.05, 0.1) is 0 Å². The molecule has 1 amide bonds. The van der Waals surface area contributed by atoms with E-state index < -0.39 is 0 Å². The van der Waals surface area contributed by atoms with Crippen LogP contribution in [-0.4, -0.2) is 36.0 Å². The van der Waals surface area contributed by atoms with Crippen LogP contribution in [0.1, 0.15) is 35.2 Å². The first kappa shape index (κ1) is 12.6. The first-order valence-electron chi connectivity index (χ1n) is 7.11. The van der Waals surface area contributed by atoms with Gasteiger partial charge in [-0.25, -0.2) is 0 Å². The van der Waals surface area contributed by atoms with Gasteiger partial charge < -0.3 is 11.1 Å². The Morgan fingerprint density at radius 2 is 2.16 bits per heavy atom. The van der Waals surface area contributed by atoms with Gasteiger partial charge in [-0.05, 0) is 37.4 Å². The summed E-state index contributed by atoms with van der Waals surface area (Å²) in [6.07, 6.45) is 3.83. The zero-order chi connectivity index (χ0) is 13.2. The molecule has 0 aliphatic carbocycles. The van der Waals surface area contributed by atoms with E-state index in [4.69, 9.17) is 5.73 Å². The number of nitrogens with two attached hydrogens (primary N) is 1. The van der Waals surface area contributed by atoms with E-state index in [0.717, 1.165) is 12.1 Å². The zero-order valence-electron chi connectivity index (χ0n) is 11.1. The van der Waals surface area contributed by atoms with Crippen molar-refractivity contribution in [3.05, 3.63) is 35.4 Å². The van der Waals surface area contributed by atoms with E-state index in [0.29, 0.717) is 17.6 Å². The van der Waals surface area contributed by atoms with Crippen LogP contribution in [0.4, 0.5) is 0 Å². The molecular formula is C15H21N3O. The van der Waals surface area contributed by atoms with Gasteiger partial charge in [0.1, 0.15) is 0 Å². The summed E-state index contributed by atoms with van der Waals surface area (Å²) in [5, 5.41) is 3.62. The van der Waals surface area contributed by atoms with Crippen LogP contribution in [0.2, 0.25) is 0 Å². The molecule has 1 aromatic rings. The standard InChI is InChI=1S/C15H21N3O/c16-15(19)12-5-2-1-4-11(12)10-17-13-7-9-18-8-3-6-14(13)18/h1-2,4-5,13-14,17H,3,6-10H2,(H2,16,19). The Morgan fingerprint density at radius 3 is 3.00 bits per heavy atom. The summed E-state index contributed by atoms with van der Waals surface area (Å²) in [4.78, 5) is 14.0. The van der Waals surface area contributed by atoms with Crippen LogP contribution in [0.5, 0.6) is 0 Å². The van der Waals surface area contributed by atoms with Gasteiger partial charge in [-0.15, -0.1) is 0 Å². The summed E-state index contributed by atoms with van der Waals surface area (Å²) in [6.45, 7) is 3.19. The van der Waals surface area contributed by atoms with E-state index in [1.807, 2.05) is 18.2 Å². The second-order valence-corrected chi connectivity index (χ2v) is 5.54. The maximum atomic E-state index is 11.4. The average Bonchev–Trinajstić information content (AvgIpc) is 3.00. The van der Waals surface area contributed by atoms with E-state index in [2.05, 4.69) is 10.2 Å². The monoisotopic (exact) mass is 259 g/mol. The molecule has 19 heavy (non-hydrogen) atoms. The maximum Gasteiger partial charge on any atom is 0.249 e. The Labute approximate surface area is 114 Å². The van der Waals surface area contributed by atoms with Gasteiger partial charge in [0.15, 0.2) is 0 Å². The Morgan fingerprint density at radius 1 is 1.32 bits per heavy atom. The van der Waals surface area contributed by atoms with Gasteiger partial charge in [-0.1, -0.05) is 18.2 Å². The van der Waals surface area contributed by atoms with Gasteiger partial charge in [-0.3, -0.25) is 9.69 Å². The summed E-state index contributed by atoms with van der Waals surface area (Å²) < 4.78 is 0. The zero-order valence-corrected chi connectivity index (χ0v) is 11.1. The lowest BCUT2D eigenvalue weighted by molar-refractivity contribution is 0.0999. The smallest absolute Gasteiger partial charge is 0.249 e. The molecule has 0 radical (unpaired) electrons. The topological polar surface area (TPSA) is 58.4 Å². The van der Waals surface area contributed by atoms with Crippen LogP contribution in [0.25, 0.3) is 0 Å². The van der Waals surface area contributed by atoms with Crippen molar-refractivity contribution >= 4 is 5.91 Å². The van der Waals surface area contributed by atoms with Gasteiger partial charge in [0.25, 0.3) is 0 Å². The molecule has 2 heterocycles. The minimum Gasteiger partial charge on any atom is -0.366 e. The normalized spacial score (nSPS) is 26.5. The van der Waals surface area contributed by atoms with Crippen molar-refractivity contribution in [3.8, 4) is 0 Å². The molecule has 3 N–H and O–H groups in total. The first-order valence-corrected chi connectivity index (χ1v) is 7.11. The lowest BCUT2D eigenvalue weighted by Gasteiger charge is -2.21. The fourth-order valence-electron chi connectivity index (χ4n) is 3.48. The molecule has 2 saturated heterocycles. The number of carbonyl (C=O) groups excluding carboxylic acids is 1. The van der Waals surface area contributed by atoms with Gasteiger partial charge in [0, 0.05) is 30.7 Å². The second-order valence-electron chi connectivity index (χ2n) is 5.54. The van der Waals surface area contributed by atoms with Crippen molar-refractivity contribution in [1.29, 1.82) is 0 Å². The van der Waals surface area contributed by atoms with E-state index in [9.17, 15) is 4.79 Å². The quantitative estimate of drug-likeness (QED) is 0.851. The molecule has 2 unspecified atom stereocenters. The van der Waals surface area contributed by atoms with Crippen molar-refractivity contribution in [1.82, 2.24) is 10.2 Å². The Balaban J connectivity index is 1.65. The van der Waals surface area contributed by atoms with Crippen LogP contribution in [0.15, 0.2) is 24.3 Å². The number of hydrogen-bond acceptors (Lipinski definition) is 3. The molecule has 2 aliphatic heterocycles. The lowest BCUT2D eigenvalue weighted by atomic mass is 10.0. The van der Waals surface area contributed by atoms with Gasteiger partial charge in [0.2, 0.25) is 5.91 Å². The van der Waals surface area contributed by atoms with Crippen LogP contribution < -0.4 is 11.1 Å². The van der Waals surface area contributed by atoms with E-state index in [1.165, 1.54) is 32.4 Å². The van der Waals surface area contributed by atoms with Crippen molar-refractivity contribution in [2.45, 2.75) is 37.9 Å². The van der Waals surface area contributed by atoms with E-state index in [1.54, 1.807) is 6.07 Å². The van der Waals surface area contributed by atoms with Crippen LogP contribution in [-0.2, 0) is 6.54 Å². The maximum absolute atomic E-state index is 11.4. The van der Waals surface area contributed by atoms with Crippen molar-refractivity contribution in [2.24, 2.45) is 5.73 Å². The van der Waals surface area contributed by atoms with Crippen molar-refractivity contribution < 1.29 is 4.79 Å². The van der Waals surface area contributed by atoms with Crippen molar-refractivity contribution in [2.75, 3.05) is 13.1 Å². The molecule has 0 bridgehead atoms. The van der Waals surface area contributed by atoms with Crippen LogP contribution in [0.3, 0.4) is 0 Å². The van der Waals surface area contributed by atoms with E-state index in [-0.39, 0.29) is 5.91 Å². The third-order valence-corrected chi connectivity index (χ3v) is 4.44. The Hall–Kier alpha value is -1.39. The number of nitrogens with one attached hydrogen (secondary N) is 1. The predicted molar refractivity (Wildman–Crippen MR) is 74.8 cm³/mol. The summed E-state index contributed by atoms with van der Waals surface area (Å²) in [6, 6.07) is 8.85. The highest BCUT2D eigenvalue weighted by Gasteiger charge is 2.36. The Kier molecular flexibility index (Phi) is 3.53. The second kappa shape index (κ2) is 5.31. The SMILES string of the molecule is NC(=O)c1ccccc1CNC1CCN2CCCC12. The summed E-state index contributed by atoms with van der Waals surface area (Å²) >= 11 is 0. The number of hydrogen-bond donors (Lipinski definition) is 2. The molecular weight excluding hydrogens is 238 g/mol. The number of fused-ring (bicyclic) bond motifs is 1. The number of rotatable bonds is 4. The van der Waals surface area contributed by atoms with Crippen LogP contribution in [0, 0.1) is 0 Å². The molecule has 0 aromatic heterocycles. The third kappa shape index (κ3) is 2.51. The number of amides is 1. The molecule has 102 valence electrons. The molecule has 1 aromatic carbocycles. The number of carbonyl (C=O) groups is 1. The largest absolute Gasteiger partial charge is 0.366 e. The highest BCUT2D eigenvalue weighted by atomic mass is 16.1. The molecule has 0 saturated carbocycles. The fourth-order valence-corrected chi connectivity index (χ4v) is 3.48. The first-order chi connectivity index (χ1) is 9.25. The highest BCUT2D eigenvalue weighted by molar-refractivity contribution is 5.94. The fraction of sp³-hybridized carbons (Fsp3) is 0.533. The number of nitrogens with zero attached hydrogens (tertiary/aromatic N) is 1. The number of primary amides is 1. The number of benzene rings is 1. The summed E-state index contributed by atoms with van der Waals surface area (Å²) in [5.74, 6) is -0.341. The third-order valence-electron chi connectivity index (χ3n) is 4.44. The predicted octanol–water partition coefficient (Wildman–Crippen LogP) is 1.11. The molecule has 2 fully saturated rings. The van der Waals surface area contributed by atoms with Gasteiger partial charge >= 0.3 is 0 Å². The molecule has 3 rings (SSSR count). The minimum absolute atomic E-state index is 0.341. The molecule has 0 spiro atoms. The average molecular weight is 259 g/mol. The lowest BCUT2D eigenvalue weighted by Crippen LogP contribution is -2.39. The van der Waals surface area contributed by atoms with Crippen LogP contribution >= 0.6 is 0 Å². The molecule has 4 heteroatoms. The molecule has 2 atom stereocenters. The van der Waals surface area contributed by atoms with Gasteiger partial charge in [-0.2, -0.15) is 0 Å². The molecule has 2 aliphatic rings. The molecule has 4 nitrogen and oxygen atoms in total. The minimum atomic E-state index is -0.341. The highest BCUT2D eigenvalue weighted by Crippen LogP contribution is 2.28. The summed E-state index contributed by atoms with van der Waals surface area (Å²) in [5.41, 5.74) is 7.05. The summed E-state index contributed by atoms with van der Waals surface area (Å²) in [7, 11) is 0. The Bertz CT molecular complexity index is 474. The van der Waals surface area contributed by atoms with E-state index >= 15 is 0 Å².